The van der Waals surface area contributed by atoms with E-state index in [1.54, 1.807) is 12.4 Å². The second kappa shape index (κ2) is 4.61. The second-order valence-electron chi connectivity index (χ2n) is 5.07. The molecule has 2 aliphatic rings. The molecule has 4 heteroatoms. The molecule has 0 spiro atoms. The zero-order chi connectivity index (χ0) is 11.7. The molecule has 0 aromatic carbocycles. The van der Waals surface area contributed by atoms with Gasteiger partial charge in [0.2, 0.25) is 0 Å². The average Bonchev–Trinajstić information content (AvgIpc) is 3.00. The maximum Gasteiger partial charge on any atom is 0.150 e. The summed E-state index contributed by atoms with van der Waals surface area (Å²) in [7, 11) is 0. The highest BCUT2D eigenvalue weighted by Gasteiger charge is 2.34. The van der Waals surface area contributed by atoms with Crippen LogP contribution in [-0.2, 0) is 0 Å². The Kier molecular flexibility index (Phi) is 2.97. The molecule has 4 nitrogen and oxygen atoms in total. The van der Waals surface area contributed by atoms with E-state index in [1.807, 2.05) is 0 Å². The minimum atomic E-state index is 0.618. The largest absolute Gasteiger partial charge is 0.351 e. The molecular formula is C13H20N4. The number of anilines is 1. The van der Waals surface area contributed by atoms with Gasteiger partial charge in [0, 0.05) is 31.0 Å². The van der Waals surface area contributed by atoms with Crippen molar-refractivity contribution in [3.8, 4) is 0 Å². The van der Waals surface area contributed by atoms with E-state index in [1.165, 1.54) is 32.2 Å². The Morgan fingerprint density at radius 3 is 2.88 bits per heavy atom. The third-order valence-electron chi connectivity index (χ3n) is 3.99. The average molecular weight is 232 g/mol. The zero-order valence-electron chi connectivity index (χ0n) is 10.4. The fourth-order valence-electron chi connectivity index (χ4n) is 3.20. The third-order valence-corrected chi connectivity index (χ3v) is 3.99. The van der Waals surface area contributed by atoms with Crippen molar-refractivity contribution < 1.29 is 0 Å². The van der Waals surface area contributed by atoms with Gasteiger partial charge in [-0.1, -0.05) is 0 Å². The minimum absolute atomic E-state index is 0.618. The molecule has 0 bridgehead atoms. The van der Waals surface area contributed by atoms with Crippen LogP contribution >= 0.6 is 0 Å². The van der Waals surface area contributed by atoms with Crippen LogP contribution < -0.4 is 10.2 Å². The molecule has 92 valence electrons. The predicted octanol–water partition coefficient (Wildman–Crippen LogP) is 1.51. The van der Waals surface area contributed by atoms with E-state index >= 15 is 0 Å². The van der Waals surface area contributed by atoms with Crippen LogP contribution in [0.4, 0.5) is 5.82 Å². The Morgan fingerprint density at radius 2 is 2.12 bits per heavy atom. The molecule has 0 radical (unpaired) electrons. The highest BCUT2D eigenvalue weighted by Crippen LogP contribution is 2.29. The molecule has 1 aromatic heterocycles. The monoisotopic (exact) mass is 232 g/mol. The summed E-state index contributed by atoms with van der Waals surface area (Å²) in [5.74, 6) is 1.09. The standard InChI is InChI=1S/C13H20N4/c1-10-13(16-8-7-14-10)17-9-3-5-12(17)11-4-2-6-15-11/h7-8,11-12,15H,2-6,9H2,1H3. The smallest absolute Gasteiger partial charge is 0.150 e. The number of hydrogen-bond donors (Lipinski definition) is 1. The van der Waals surface area contributed by atoms with Crippen molar-refractivity contribution in [2.24, 2.45) is 0 Å². The molecule has 3 heterocycles. The number of aromatic nitrogens is 2. The SMILES string of the molecule is Cc1nccnc1N1CCCC1C1CCCN1. The summed E-state index contributed by atoms with van der Waals surface area (Å²) in [5.41, 5.74) is 1.05. The Balaban J connectivity index is 1.84. The first-order chi connectivity index (χ1) is 8.36. The summed E-state index contributed by atoms with van der Waals surface area (Å²) in [6.45, 7) is 4.36. The normalized spacial score (nSPS) is 28.9. The number of rotatable bonds is 2. The molecule has 3 rings (SSSR count). The number of aryl methyl sites for hydroxylation is 1. The van der Waals surface area contributed by atoms with Gasteiger partial charge in [-0.15, -0.1) is 0 Å². The van der Waals surface area contributed by atoms with Gasteiger partial charge in [0.05, 0.1) is 5.69 Å². The van der Waals surface area contributed by atoms with Gasteiger partial charge in [-0.05, 0) is 39.2 Å². The lowest BCUT2D eigenvalue weighted by atomic mass is 10.0. The van der Waals surface area contributed by atoms with E-state index in [0.717, 1.165) is 18.1 Å². The second-order valence-corrected chi connectivity index (χ2v) is 5.07. The summed E-state index contributed by atoms with van der Waals surface area (Å²) in [5, 5.41) is 3.63. The zero-order valence-corrected chi connectivity index (χ0v) is 10.4. The molecule has 2 unspecified atom stereocenters. The molecule has 2 atom stereocenters. The van der Waals surface area contributed by atoms with Gasteiger partial charge in [-0.3, -0.25) is 4.98 Å². The number of hydrogen-bond acceptors (Lipinski definition) is 4. The van der Waals surface area contributed by atoms with Crippen LogP contribution in [0.1, 0.15) is 31.4 Å². The molecule has 2 aliphatic heterocycles. The lowest BCUT2D eigenvalue weighted by Crippen LogP contribution is -2.44. The van der Waals surface area contributed by atoms with Crippen molar-refractivity contribution in [3.05, 3.63) is 18.1 Å². The van der Waals surface area contributed by atoms with Gasteiger partial charge in [-0.2, -0.15) is 0 Å². The van der Waals surface area contributed by atoms with Crippen LogP contribution in [0.2, 0.25) is 0 Å². The summed E-state index contributed by atoms with van der Waals surface area (Å²) in [6, 6.07) is 1.27. The quantitative estimate of drug-likeness (QED) is 0.839. The van der Waals surface area contributed by atoms with Gasteiger partial charge >= 0.3 is 0 Å². The van der Waals surface area contributed by atoms with Crippen molar-refractivity contribution in [2.75, 3.05) is 18.0 Å². The van der Waals surface area contributed by atoms with E-state index in [4.69, 9.17) is 0 Å². The van der Waals surface area contributed by atoms with Crippen LogP contribution in [0.3, 0.4) is 0 Å². The van der Waals surface area contributed by atoms with Crippen LogP contribution in [-0.4, -0.2) is 35.1 Å². The van der Waals surface area contributed by atoms with Crippen molar-refractivity contribution in [1.82, 2.24) is 15.3 Å². The van der Waals surface area contributed by atoms with Crippen LogP contribution in [0.5, 0.6) is 0 Å². The molecule has 1 N–H and O–H groups in total. The summed E-state index contributed by atoms with van der Waals surface area (Å²) >= 11 is 0. The van der Waals surface area contributed by atoms with Gasteiger partial charge in [-0.25, -0.2) is 4.98 Å². The Hall–Kier alpha value is -1.16. The Labute approximate surface area is 102 Å². The molecule has 17 heavy (non-hydrogen) atoms. The summed E-state index contributed by atoms with van der Waals surface area (Å²) in [6.07, 6.45) is 8.76. The molecule has 2 saturated heterocycles. The van der Waals surface area contributed by atoms with Crippen LogP contribution in [0.25, 0.3) is 0 Å². The van der Waals surface area contributed by atoms with Gasteiger partial charge in [0.15, 0.2) is 0 Å². The van der Waals surface area contributed by atoms with Crippen molar-refractivity contribution in [1.29, 1.82) is 0 Å². The molecule has 1 aromatic rings. The summed E-state index contributed by atoms with van der Waals surface area (Å²) in [4.78, 5) is 11.3. The van der Waals surface area contributed by atoms with Crippen LogP contribution in [0, 0.1) is 6.92 Å². The van der Waals surface area contributed by atoms with Crippen molar-refractivity contribution in [3.63, 3.8) is 0 Å². The van der Waals surface area contributed by atoms with Gasteiger partial charge < -0.3 is 10.2 Å². The third kappa shape index (κ3) is 2.02. The highest BCUT2D eigenvalue weighted by atomic mass is 15.3. The van der Waals surface area contributed by atoms with Gasteiger partial charge in [0.25, 0.3) is 0 Å². The molecule has 2 fully saturated rings. The number of nitrogens with zero attached hydrogens (tertiary/aromatic N) is 3. The van der Waals surface area contributed by atoms with E-state index in [2.05, 4.69) is 27.1 Å². The maximum absolute atomic E-state index is 4.52. The lowest BCUT2D eigenvalue weighted by molar-refractivity contribution is 0.480. The topological polar surface area (TPSA) is 41.1 Å². The Bertz CT molecular complexity index is 387. The fraction of sp³-hybridized carbons (Fsp3) is 0.692. The first-order valence-corrected chi connectivity index (χ1v) is 6.64. The van der Waals surface area contributed by atoms with E-state index in [0.29, 0.717) is 12.1 Å². The van der Waals surface area contributed by atoms with Crippen molar-refractivity contribution >= 4 is 5.82 Å². The number of nitrogens with one attached hydrogen (secondary N) is 1. The first-order valence-electron chi connectivity index (χ1n) is 6.64. The lowest BCUT2D eigenvalue weighted by Gasteiger charge is -2.31. The maximum atomic E-state index is 4.52. The Morgan fingerprint density at radius 1 is 1.24 bits per heavy atom. The molecule has 0 saturated carbocycles. The molecule has 0 amide bonds. The van der Waals surface area contributed by atoms with E-state index in [-0.39, 0.29) is 0 Å². The minimum Gasteiger partial charge on any atom is -0.351 e. The predicted molar refractivity (Wildman–Crippen MR) is 68.2 cm³/mol. The molecular weight excluding hydrogens is 212 g/mol. The highest BCUT2D eigenvalue weighted by molar-refractivity contribution is 5.45. The van der Waals surface area contributed by atoms with Crippen molar-refractivity contribution in [2.45, 2.75) is 44.7 Å². The first kappa shape index (κ1) is 11.0. The summed E-state index contributed by atoms with van der Waals surface area (Å²) < 4.78 is 0. The van der Waals surface area contributed by atoms with E-state index in [9.17, 15) is 0 Å². The van der Waals surface area contributed by atoms with Crippen LogP contribution in [0.15, 0.2) is 12.4 Å². The fourth-order valence-corrected chi connectivity index (χ4v) is 3.20. The van der Waals surface area contributed by atoms with E-state index < -0.39 is 0 Å². The molecule has 0 aliphatic carbocycles. The van der Waals surface area contributed by atoms with Gasteiger partial charge in [0.1, 0.15) is 5.82 Å².